The van der Waals surface area contributed by atoms with Gasteiger partial charge >= 0.3 is 0 Å². The number of nitrogens with one attached hydrogen (secondary N) is 1. The number of benzene rings is 1. The molecule has 1 unspecified atom stereocenters. The van der Waals surface area contributed by atoms with E-state index in [0.29, 0.717) is 19.0 Å². The summed E-state index contributed by atoms with van der Waals surface area (Å²) in [6, 6.07) is 3.97. The fraction of sp³-hybridized carbons (Fsp3) is 0.538. The van der Waals surface area contributed by atoms with Crippen LogP contribution in [0.1, 0.15) is 36.5 Å². The summed E-state index contributed by atoms with van der Waals surface area (Å²) >= 11 is 0. The zero-order valence-corrected chi connectivity index (χ0v) is 9.55. The highest BCUT2D eigenvalue weighted by Crippen LogP contribution is 2.38. The maximum Gasteiger partial charge on any atom is 0.121 e. The summed E-state index contributed by atoms with van der Waals surface area (Å²) in [6.07, 6.45) is 2.25. The quantitative estimate of drug-likeness (QED) is 0.759. The van der Waals surface area contributed by atoms with E-state index in [4.69, 9.17) is 4.74 Å². The first-order valence-corrected chi connectivity index (χ1v) is 5.87. The van der Waals surface area contributed by atoms with E-state index in [1.807, 2.05) is 6.07 Å². The van der Waals surface area contributed by atoms with E-state index in [1.165, 1.54) is 12.0 Å². The van der Waals surface area contributed by atoms with Gasteiger partial charge in [0.2, 0.25) is 0 Å². The summed E-state index contributed by atoms with van der Waals surface area (Å²) in [5.41, 5.74) is 3.31. The van der Waals surface area contributed by atoms with E-state index in [9.17, 15) is 5.11 Å². The molecule has 0 radical (unpaired) electrons. The number of aromatic hydroxyl groups is 1. The topological polar surface area (TPSA) is 41.5 Å². The molecule has 1 aromatic rings. The van der Waals surface area contributed by atoms with Crippen LogP contribution in [0.4, 0.5) is 0 Å². The third-order valence-corrected chi connectivity index (χ3v) is 3.80. The Morgan fingerprint density at radius 2 is 2.06 bits per heavy atom. The molecule has 86 valence electrons. The smallest absolute Gasteiger partial charge is 0.121 e. The van der Waals surface area contributed by atoms with Gasteiger partial charge in [-0.15, -0.1) is 0 Å². The van der Waals surface area contributed by atoms with Crippen molar-refractivity contribution in [3.05, 3.63) is 28.8 Å². The van der Waals surface area contributed by atoms with Crippen LogP contribution in [0.25, 0.3) is 0 Å². The Labute approximate surface area is 95.4 Å². The van der Waals surface area contributed by atoms with Gasteiger partial charge in [-0.2, -0.15) is 0 Å². The zero-order chi connectivity index (χ0) is 11.2. The van der Waals surface area contributed by atoms with Crippen molar-refractivity contribution in [2.24, 2.45) is 0 Å². The van der Waals surface area contributed by atoms with Crippen molar-refractivity contribution < 1.29 is 9.84 Å². The molecule has 0 amide bonds. The van der Waals surface area contributed by atoms with Crippen molar-refractivity contribution in [2.75, 3.05) is 6.54 Å². The van der Waals surface area contributed by atoms with Gasteiger partial charge in [-0.1, -0.05) is 0 Å². The van der Waals surface area contributed by atoms with Crippen LogP contribution in [0.15, 0.2) is 12.1 Å². The molecule has 0 aromatic heterocycles. The van der Waals surface area contributed by atoms with Crippen molar-refractivity contribution in [1.29, 1.82) is 0 Å². The number of ether oxygens (including phenoxy) is 1. The average molecular weight is 219 g/mol. The fourth-order valence-electron chi connectivity index (χ4n) is 2.78. The minimum Gasteiger partial charge on any atom is -0.508 e. The average Bonchev–Trinajstić information content (AvgIpc) is 2.85. The Balaban J connectivity index is 2.07. The second-order valence-electron chi connectivity index (χ2n) is 4.99. The highest BCUT2D eigenvalue weighted by atomic mass is 16.5. The normalized spacial score (nSPS) is 28.3. The van der Waals surface area contributed by atoms with Gasteiger partial charge < -0.3 is 15.2 Å². The van der Waals surface area contributed by atoms with Crippen LogP contribution in [0.2, 0.25) is 0 Å². The van der Waals surface area contributed by atoms with Gasteiger partial charge in [0.1, 0.15) is 5.75 Å². The minimum atomic E-state index is -0.0678. The van der Waals surface area contributed by atoms with Crippen molar-refractivity contribution in [3.63, 3.8) is 0 Å². The zero-order valence-electron chi connectivity index (χ0n) is 9.55. The number of hydrogen-bond donors (Lipinski definition) is 2. The molecule has 2 aliphatic heterocycles. The van der Waals surface area contributed by atoms with E-state index in [-0.39, 0.29) is 5.54 Å². The Hall–Kier alpha value is -1.06. The molecular formula is C13H17NO2. The standard InChI is InChI=1S/C13H17NO2/c1-13(3-2-4-14-13)11-5-9-7-16-8-10(9)6-12(11)15/h5-6,14-15H,2-4,7-8H2,1H3. The minimum absolute atomic E-state index is 0.0678. The van der Waals surface area contributed by atoms with Gasteiger partial charge in [-0.25, -0.2) is 0 Å². The van der Waals surface area contributed by atoms with Crippen LogP contribution in [-0.4, -0.2) is 11.7 Å². The van der Waals surface area contributed by atoms with E-state index in [0.717, 1.165) is 24.1 Å². The van der Waals surface area contributed by atoms with Crippen LogP contribution in [0.3, 0.4) is 0 Å². The summed E-state index contributed by atoms with van der Waals surface area (Å²) in [5, 5.41) is 13.6. The molecule has 1 atom stereocenters. The Bertz CT molecular complexity index is 422. The summed E-state index contributed by atoms with van der Waals surface area (Å²) in [5.74, 6) is 0.404. The largest absolute Gasteiger partial charge is 0.508 e. The first-order valence-electron chi connectivity index (χ1n) is 5.87. The molecule has 3 nitrogen and oxygen atoms in total. The van der Waals surface area contributed by atoms with E-state index in [1.54, 1.807) is 0 Å². The molecule has 16 heavy (non-hydrogen) atoms. The second kappa shape index (κ2) is 3.47. The molecule has 2 N–H and O–H groups in total. The second-order valence-corrected chi connectivity index (χ2v) is 4.99. The van der Waals surface area contributed by atoms with Gasteiger partial charge in [0, 0.05) is 11.1 Å². The molecule has 0 spiro atoms. The summed E-state index contributed by atoms with van der Waals surface area (Å²) < 4.78 is 5.39. The molecule has 3 rings (SSSR count). The molecular weight excluding hydrogens is 202 g/mol. The molecule has 0 aliphatic carbocycles. The van der Waals surface area contributed by atoms with Crippen molar-refractivity contribution >= 4 is 0 Å². The van der Waals surface area contributed by atoms with Crippen molar-refractivity contribution in [2.45, 2.75) is 38.5 Å². The highest BCUT2D eigenvalue weighted by Gasteiger charge is 2.33. The summed E-state index contributed by atoms with van der Waals surface area (Å²) in [7, 11) is 0. The number of phenolic OH excluding ortho intramolecular Hbond substituents is 1. The predicted molar refractivity (Wildman–Crippen MR) is 61.2 cm³/mol. The molecule has 2 heterocycles. The summed E-state index contributed by atoms with van der Waals surface area (Å²) in [4.78, 5) is 0. The van der Waals surface area contributed by atoms with Crippen LogP contribution >= 0.6 is 0 Å². The lowest BCUT2D eigenvalue weighted by atomic mass is 9.88. The maximum absolute atomic E-state index is 10.1. The van der Waals surface area contributed by atoms with Gasteiger partial charge in [0.05, 0.1) is 13.2 Å². The SMILES string of the molecule is CC1(c2cc3c(cc2O)COC3)CCCN1. The number of fused-ring (bicyclic) bond motifs is 1. The van der Waals surface area contributed by atoms with Crippen molar-refractivity contribution in [3.8, 4) is 5.75 Å². The lowest BCUT2D eigenvalue weighted by molar-refractivity contribution is 0.134. The van der Waals surface area contributed by atoms with Gasteiger partial charge in [0.25, 0.3) is 0 Å². The highest BCUT2D eigenvalue weighted by molar-refractivity contribution is 5.46. The third-order valence-electron chi connectivity index (χ3n) is 3.80. The molecule has 1 aromatic carbocycles. The fourth-order valence-corrected chi connectivity index (χ4v) is 2.78. The molecule has 1 saturated heterocycles. The monoisotopic (exact) mass is 219 g/mol. The lowest BCUT2D eigenvalue weighted by Crippen LogP contribution is -2.33. The Morgan fingerprint density at radius 3 is 2.75 bits per heavy atom. The summed E-state index contributed by atoms with van der Waals surface area (Å²) in [6.45, 7) is 4.51. The Morgan fingerprint density at radius 1 is 1.31 bits per heavy atom. The van der Waals surface area contributed by atoms with Gasteiger partial charge in [-0.05, 0) is 49.6 Å². The first kappa shape index (κ1) is 10.1. The maximum atomic E-state index is 10.1. The lowest BCUT2D eigenvalue weighted by Gasteiger charge is -2.26. The van der Waals surface area contributed by atoms with Crippen LogP contribution < -0.4 is 5.32 Å². The molecule has 2 aliphatic rings. The number of hydrogen-bond acceptors (Lipinski definition) is 3. The number of rotatable bonds is 1. The van der Waals surface area contributed by atoms with Gasteiger partial charge in [-0.3, -0.25) is 0 Å². The van der Waals surface area contributed by atoms with E-state index in [2.05, 4.69) is 18.3 Å². The molecule has 3 heteroatoms. The number of phenols is 1. The van der Waals surface area contributed by atoms with Gasteiger partial charge in [0.15, 0.2) is 0 Å². The van der Waals surface area contributed by atoms with Crippen LogP contribution in [-0.2, 0) is 23.5 Å². The predicted octanol–water partition coefficient (Wildman–Crippen LogP) is 2.02. The molecule has 0 bridgehead atoms. The molecule has 0 saturated carbocycles. The Kier molecular flexibility index (Phi) is 2.19. The van der Waals surface area contributed by atoms with E-state index < -0.39 is 0 Å². The first-order chi connectivity index (χ1) is 7.69. The molecule has 1 fully saturated rings. The van der Waals surface area contributed by atoms with Crippen LogP contribution in [0, 0.1) is 0 Å². The third kappa shape index (κ3) is 1.43. The van der Waals surface area contributed by atoms with Crippen molar-refractivity contribution in [1.82, 2.24) is 5.32 Å². The van der Waals surface area contributed by atoms with E-state index >= 15 is 0 Å². The van der Waals surface area contributed by atoms with Crippen LogP contribution in [0.5, 0.6) is 5.75 Å².